The van der Waals surface area contributed by atoms with Gasteiger partial charge in [0.1, 0.15) is 0 Å². The Bertz CT molecular complexity index is 339. The number of carbonyl (C=O) groups is 1. The molecule has 1 N–H and O–H groups in total. The maximum absolute atomic E-state index is 11.7. The van der Waals surface area contributed by atoms with E-state index in [1.54, 1.807) is 0 Å². The monoisotopic (exact) mass is 194 g/mol. The van der Waals surface area contributed by atoms with Crippen molar-refractivity contribution in [1.29, 1.82) is 0 Å². The fourth-order valence-corrected chi connectivity index (χ4v) is 1.47. The van der Waals surface area contributed by atoms with E-state index in [1.807, 2.05) is 38.5 Å². The maximum Gasteiger partial charge on any atom is 0.178 e. The second kappa shape index (κ2) is 4.42. The Morgan fingerprint density at radius 3 is 2.57 bits per heavy atom. The first-order chi connectivity index (χ1) is 6.57. The predicted molar refractivity (Wildman–Crippen MR) is 57.8 cm³/mol. The van der Waals surface area contributed by atoms with E-state index >= 15 is 0 Å². The van der Waals surface area contributed by atoms with E-state index in [1.165, 1.54) is 0 Å². The summed E-state index contributed by atoms with van der Waals surface area (Å²) in [7, 11) is 1.98. The van der Waals surface area contributed by atoms with E-state index < -0.39 is 0 Å². The lowest BCUT2D eigenvalue weighted by atomic mass is 10.1. The second-order valence-electron chi connectivity index (χ2n) is 3.55. The van der Waals surface area contributed by atoms with Crippen molar-refractivity contribution < 1.29 is 4.79 Å². The van der Waals surface area contributed by atoms with Gasteiger partial charge in [0.25, 0.3) is 0 Å². The summed E-state index contributed by atoms with van der Waals surface area (Å²) in [6.07, 6.45) is 0. The van der Waals surface area contributed by atoms with Crippen LogP contribution in [0.2, 0.25) is 0 Å². The molecule has 0 atom stereocenters. The number of Topliss-reactive ketones (excluding diaryl/α,β-unsaturated/α-hetero) is 1. The predicted octanol–water partition coefficient (Wildman–Crippen LogP) is 1.43. The smallest absolute Gasteiger partial charge is 0.178 e. The summed E-state index contributed by atoms with van der Waals surface area (Å²) in [5.41, 5.74) is 3.01. The van der Waals surface area contributed by atoms with Gasteiger partial charge in [0.15, 0.2) is 5.78 Å². The van der Waals surface area contributed by atoms with Crippen LogP contribution in [0.1, 0.15) is 28.7 Å². The number of likely N-dealkylation sites (N-methyl/N-ethyl adjacent to an activating group) is 1. The molecule has 0 aliphatic rings. The van der Waals surface area contributed by atoms with Crippen LogP contribution in [-0.2, 0) is 7.05 Å². The Kier molecular flexibility index (Phi) is 3.47. The Morgan fingerprint density at radius 2 is 2.14 bits per heavy atom. The zero-order chi connectivity index (χ0) is 10.7. The zero-order valence-electron chi connectivity index (χ0n) is 9.35. The summed E-state index contributed by atoms with van der Waals surface area (Å²) < 4.78 is 2.04. The highest BCUT2D eigenvalue weighted by molar-refractivity contribution is 5.98. The Balaban J connectivity index is 2.85. The van der Waals surface area contributed by atoms with Crippen molar-refractivity contribution in [3.8, 4) is 0 Å². The van der Waals surface area contributed by atoms with E-state index in [2.05, 4.69) is 5.32 Å². The van der Waals surface area contributed by atoms with Crippen molar-refractivity contribution in [1.82, 2.24) is 9.88 Å². The van der Waals surface area contributed by atoms with Gasteiger partial charge in [0.2, 0.25) is 0 Å². The molecule has 1 aromatic heterocycles. The Morgan fingerprint density at radius 1 is 1.50 bits per heavy atom. The van der Waals surface area contributed by atoms with Crippen molar-refractivity contribution in [2.45, 2.75) is 20.8 Å². The van der Waals surface area contributed by atoms with E-state index in [4.69, 9.17) is 0 Å². The lowest BCUT2D eigenvalue weighted by Gasteiger charge is -2.02. The molecule has 0 saturated carbocycles. The molecule has 0 saturated heterocycles. The molecule has 0 fully saturated rings. The first-order valence-corrected chi connectivity index (χ1v) is 4.94. The molecule has 0 unspecified atom stereocenters. The number of rotatable bonds is 4. The zero-order valence-corrected chi connectivity index (χ0v) is 9.35. The summed E-state index contributed by atoms with van der Waals surface area (Å²) in [5.74, 6) is 0.174. The lowest BCUT2D eigenvalue weighted by Crippen LogP contribution is -2.22. The average molecular weight is 194 g/mol. The van der Waals surface area contributed by atoms with Crippen LogP contribution in [-0.4, -0.2) is 23.4 Å². The maximum atomic E-state index is 11.7. The van der Waals surface area contributed by atoms with Crippen LogP contribution in [0.5, 0.6) is 0 Å². The largest absolute Gasteiger partial charge is 0.351 e. The Hall–Kier alpha value is -1.09. The molecule has 3 nitrogen and oxygen atoms in total. The summed E-state index contributed by atoms with van der Waals surface area (Å²) in [4.78, 5) is 11.7. The molecule has 0 amide bonds. The first kappa shape index (κ1) is 11.0. The SMILES string of the molecule is CCNCC(=O)c1cc(C)n(C)c1C. The fourth-order valence-electron chi connectivity index (χ4n) is 1.47. The highest BCUT2D eigenvalue weighted by Gasteiger charge is 2.12. The fraction of sp³-hybridized carbons (Fsp3) is 0.545. The van der Waals surface area contributed by atoms with Gasteiger partial charge in [-0.05, 0) is 26.5 Å². The summed E-state index contributed by atoms with van der Waals surface area (Å²) >= 11 is 0. The van der Waals surface area contributed by atoms with Crippen LogP contribution < -0.4 is 5.32 Å². The lowest BCUT2D eigenvalue weighted by molar-refractivity contribution is 0.0991. The molecule has 0 aromatic carbocycles. The second-order valence-corrected chi connectivity index (χ2v) is 3.55. The highest BCUT2D eigenvalue weighted by atomic mass is 16.1. The molecule has 3 heteroatoms. The average Bonchev–Trinajstić information content (AvgIpc) is 2.42. The van der Waals surface area contributed by atoms with Crippen LogP contribution in [0.25, 0.3) is 0 Å². The van der Waals surface area contributed by atoms with Crippen molar-refractivity contribution in [3.05, 3.63) is 23.0 Å². The third kappa shape index (κ3) is 2.04. The Labute approximate surface area is 85.1 Å². The van der Waals surface area contributed by atoms with E-state index in [9.17, 15) is 4.79 Å². The van der Waals surface area contributed by atoms with Gasteiger partial charge in [-0.2, -0.15) is 0 Å². The topological polar surface area (TPSA) is 34.0 Å². The molecular weight excluding hydrogens is 176 g/mol. The minimum absolute atomic E-state index is 0.174. The molecule has 0 aliphatic heterocycles. The molecule has 1 rings (SSSR count). The van der Waals surface area contributed by atoms with Gasteiger partial charge in [-0.3, -0.25) is 4.79 Å². The number of carbonyl (C=O) groups excluding carboxylic acids is 1. The number of nitrogens with zero attached hydrogens (tertiary/aromatic N) is 1. The molecule has 1 aromatic rings. The number of ketones is 1. The van der Waals surface area contributed by atoms with Gasteiger partial charge in [-0.15, -0.1) is 0 Å². The van der Waals surface area contributed by atoms with Gasteiger partial charge in [-0.25, -0.2) is 0 Å². The van der Waals surface area contributed by atoms with Crippen molar-refractivity contribution >= 4 is 5.78 Å². The molecule has 1 heterocycles. The van der Waals surface area contributed by atoms with Crippen LogP contribution in [0.3, 0.4) is 0 Å². The molecule has 14 heavy (non-hydrogen) atoms. The number of hydrogen-bond acceptors (Lipinski definition) is 2. The summed E-state index contributed by atoms with van der Waals surface area (Å²) in [6.45, 7) is 7.25. The third-order valence-electron chi connectivity index (χ3n) is 2.61. The number of aryl methyl sites for hydroxylation is 1. The minimum Gasteiger partial charge on any atom is -0.351 e. The first-order valence-electron chi connectivity index (χ1n) is 4.94. The van der Waals surface area contributed by atoms with Crippen LogP contribution >= 0.6 is 0 Å². The van der Waals surface area contributed by atoms with Crippen LogP contribution in [0, 0.1) is 13.8 Å². The van der Waals surface area contributed by atoms with Crippen molar-refractivity contribution in [2.24, 2.45) is 7.05 Å². The molecule has 0 radical (unpaired) electrons. The van der Waals surface area contributed by atoms with Crippen LogP contribution in [0.4, 0.5) is 0 Å². The molecular formula is C11H18N2O. The van der Waals surface area contributed by atoms with Crippen LogP contribution in [0.15, 0.2) is 6.07 Å². The normalized spacial score (nSPS) is 10.6. The van der Waals surface area contributed by atoms with Gasteiger partial charge in [0.05, 0.1) is 6.54 Å². The van der Waals surface area contributed by atoms with E-state index in [0.29, 0.717) is 6.54 Å². The molecule has 0 bridgehead atoms. The van der Waals surface area contributed by atoms with E-state index in [0.717, 1.165) is 23.5 Å². The van der Waals surface area contributed by atoms with Gasteiger partial charge in [0, 0.05) is 24.0 Å². The number of aromatic nitrogens is 1. The quantitative estimate of drug-likeness (QED) is 0.736. The van der Waals surface area contributed by atoms with Gasteiger partial charge in [-0.1, -0.05) is 6.92 Å². The van der Waals surface area contributed by atoms with E-state index in [-0.39, 0.29) is 5.78 Å². The number of hydrogen-bond donors (Lipinski definition) is 1. The minimum atomic E-state index is 0.174. The van der Waals surface area contributed by atoms with Crippen molar-refractivity contribution in [2.75, 3.05) is 13.1 Å². The molecule has 0 aliphatic carbocycles. The van der Waals surface area contributed by atoms with Crippen molar-refractivity contribution in [3.63, 3.8) is 0 Å². The van der Waals surface area contributed by atoms with Gasteiger partial charge >= 0.3 is 0 Å². The highest BCUT2D eigenvalue weighted by Crippen LogP contribution is 2.13. The summed E-state index contributed by atoms with van der Waals surface area (Å²) in [6, 6.07) is 1.95. The molecule has 0 spiro atoms. The third-order valence-corrected chi connectivity index (χ3v) is 2.61. The summed E-state index contributed by atoms with van der Waals surface area (Å²) in [5, 5.41) is 3.04. The number of nitrogens with one attached hydrogen (secondary N) is 1. The molecule has 78 valence electrons. The van der Waals surface area contributed by atoms with Gasteiger partial charge < -0.3 is 9.88 Å². The standard InChI is InChI=1S/C11H18N2O/c1-5-12-7-11(14)10-6-8(2)13(4)9(10)3/h6,12H,5,7H2,1-4H3.